The van der Waals surface area contributed by atoms with Crippen LogP contribution in [0.4, 0.5) is 15.8 Å². The summed E-state index contributed by atoms with van der Waals surface area (Å²) in [6, 6.07) is 12.7. The van der Waals surface area contributed by atoms with Gasteiger partial charge in [-0.3, -0.25) is 24.7 Å². The SMILES string of the molecule is O=C(CN1CCN(Cc2cccc(F)c2)CC1)Nc1ccccc1[N+](=O)[O-]. The second-order valence-electron chi connectivity index (χ2n) is 6.50. The lowest BCUT2D eigenvalue weighted by atomic mass is 10.2. The summed E-state index contributed by atoms with van der Waals surface area (Å²) < 4.78 is 13.3. The molecule has 1 aliphatic heterocycles. The predicted octanol–water partition coefficient (Wildman–Crippen LogP) is 2.49. The van der Waals surface area contributed by atoms with Gasteiger partial charge in [-0.1, -0.05) is 24.3 Å². The topological polar surface area (TPSA) is 78.7 Å². The van der Waals surface area contributed by atoms with E-state index in [9.17, 15) is 19.3 Å². The minimum absolute atomic E-state index is 0.120. The van der Waals surface area contributed by atoms with Crippen LogP contribution in [0.5, 0.6) is 0 Å². The minimum Gasteiger partial charge on any atom is -0.319 e. The number of amides is 1. The predicted molar refractivity (Wildman–Crippen MR) is 99.8 cm³/mol. The molecule has 0 spiro atoms. The molecule has 0 atom stereocenters. The molecule has 27 heavy (non-hydrogen) atoms. The molecule has 1 heterocycles. The van der Waals surface area contributed by atoms with Crippen LogP contribution in [0.3, 0.4) is 0 Å². The number of hydrogen-bond donors (Lipinski definition) is 1. The van der Waals surface area contributed by atoms with Gasteiger partial charge < -0.3 is 5.32 Å². The van der Waals surface area contributed by atoms with Crippen LogP contribution in [-0.2, 0) is 11.3 Å². The van der Waals surface area contributed by atoms with Crippen molar-refractivity contribution in [3.05, 3.63) is 70.0 Å². The number of benzene rings is 2. The van der Waals surface area contributed by atoms with Gasteiger partial charge in [0, 0.05) is 38.8 Å². The number of nitrogens with one attached hydrogen (secondary N) is 1. The zero-order valence-corrected chi connectivity index (χ0v) is 14.8. The van der Waals surface area contributed by atoms with Crippen molar-refractivity contribution in [1.29, 1.82) is 0 Å². The van der Waals surface area contributed by atoms with E-state index in [4.69, 9.17) is 0 Å². The third-order valence-corrected chi connectivity index (χ3v) is 4.50. The Balaban J connectivity index is 1.48. The van der Waals surface area contributed by atoms with Gasteiger partial charge in [0.25, 0.3) is 5.69 Å². The Morgan fingerprint density at radius 3 is 2.48 bits per heavy atom. The number of anilines is 1. The Morgan fingerprint density at radius 2 is 1.78 bits per heavy atom. The normalized spacial score (nSPS) is 15.4. The van der Waals surface area contributed by atoms with Crippen LogP contribution in [0, 0.1) is 15.9 Å². The average Bonchev–Trinajstić information content (AvgIpc) is 2.63. The van der Waals surface area contributed by atoms with E-state index in [1.807, 2.05) is 11.0 Å². The van der Waals surface area contributed by atoms with E-state index in [2.05, 4.69) is 10.2 Å². The molecule has 1 N–H and O–H groups in total. The van der Waals surface area contributed by atoms with Gasteiger partial charge in [0.1, 0.15) is 11.5 Å². The molecule has 142 valence electrons. The molecule has 0 aliphatic carbocycles. The summed E-state index contributed by atoms with van der Waals surface area (Å²) in [6.07, 6.45) is 0. The molecule has 0 bridgehead atoms. The first-order chi connectivity index (χ1) is 13.0. The number of nitro benzene ring substituents is 1. The Hall–Kier alpha value is -2.84. The molecule has 0 saturated carbocycles. The fourth-order valence-electron chi connectivity index (χ4n) is 3.13. The Bertz CT molecular complexity index is 822. The summed E-state index contributed by atoms with van der Waals surface area (Å²) >= 11 is 0. The van der Waals surface area contributed by atoms with Crippen LogP contribution in [0.2, 0.25) is 0 Å². The Labute approximate surface area is 156 Å². The lowest BCUT2D eigenvalue weighted by Gasteiger charge is -2.34. The van der Waals surface area contributed by atoms with Gasteiger partial charge in [-0.15, -0.1) is 0 Å². The number of carbonyl (C=O) groups is 1. The largest absolute Gasteiger partial charge is 0.319 e. The van der Waals surface area contributed by atoms with Crippen LogP contribution in [0.25, 0.3) is 0 Å². The van der Waals surface area contributed by atoms with E-state index < -0.39 is 4.92 Å². The van der Waals surface area contributed by atoms with Gasteiger partial charge in [-0.2, -0.15) is 0 Å². The second-order valence-corrected chi connectivity index (χ2v) is 6.50. The van der Waals surface area contributed by atoms with Gasteiger partial charge in [-0.25, -0.2) is 4.39 Å². The quantitative estimate of drug-likeness (QED) is 0.623. The lowest BCUT2D eigenvalue weighted by molar-refractivity contribution is -0.383. The molecule has 1 fully saturated rings. The molecule has 0 unspecified atom stereocenters. The van der Waals surface area contributed by atoms with Gasteiger partial charge in [-0.05, 0) is 23.8 Å². The third kappa shape index (κ3) is 5.32. The maximum atomic E-state index is 13.3. The zero-order valence-electron chi connectivity index (χ0n) is 14.8. The number of nitro groups is 1. The Kier molecular flexibility index (Phi) is 6.10. The molecule has 8 heteroatoms. The summed E-state index contributed by atoms with van der Waals surface area (Å²) in [5.41, 5.74) is 1.01. The number of carbonyl (C=O) groups excluding carboxylic acids is 1. The molecule has 0 radical (unpaired) electrons. The van der Waals surface area contributed by atoms with E-state index >= 15 is 0 Å². The van der Waals surface area contributed by atoms with Crippen LogP contribution < -0.4 is 5.32 Å². The maximum Gasteiger partial charge on any atom is 0.292 e. The van der Waals surface area contributed by atoms with Crippen molar-refractivity contribution in [1.82, 2.24) is 9.80 Å². The smallest absolute Gasteiger partial charge is 0.292 e. The third-order valence-electron chi connectivity index (χ3n) is 4.50. The molecule has 2 aromatic carbocycles. The first-order valence-corrected chi connectivity index (χ1v) is 8.74. The van der Waals surface area contributed by atoms with Gasteiger partial charge in [0.2, 0.25) is 5.91 Å². The summed E-state index contributed by atoms with van der Waals surface area (Å²) in [5, 5.41) is 13.6. The standard InChI is InChI=1S/C19H21FN4O3/c20-16-5-3-4-15(12-16)13-22-8-10-23(11-9-22)14-19(25)21-17-6-1-2-7-18(17)24(26)27/h1-7,12H,8-11,13-14H2,(H,21,25). The molecular formula is C19H21FN4O3. The number of para-hydroxylation sites is 2. The molecule has 1 aliphatic rings. The van der Waals surface area contributed by atoms with Crippen LogP contribution in [0.15, 0.2) is 48.5 Å². The van der Waals surface area contributed by atoms with E-state index in [1.165, 1.54) is 24.3 Å². The lowest BCUT2D eigenvalue weighted by Crippen LogP contribution is -2.48. The number of halogens is 1. The first-order valence-electron chi connectivity index (χ1n) is 8.74. The highest BCUT2D eigenvalue weighted by atomic mass is 19.1. The molecule has 0 aromatic heterocycles. The van der Waals surface area contributed by atoms with Crippen molar-refractivity contribution in [2.75, 3.05) is 38.0 Å². The monoisotopic (exact) mass is 372 g/mol. The zero-order chi connectivity index (χ0) is 19.2. The fraction of sp³-hybridized carbons (Fsp3) is 0.316. The summed E-state index contributed by atoms with van der Waals surface area (Å²) in [7, 11) is 0. The number of piperazine rings is 1. The van der Waals surface area contributed by atoms with Crippen molar-refractivity contribution in [3.63, 3.8) is 0 Å². The highest BCUT2D eigenvalue weighted by Gasteiger charge is 2.21. The van der Waals surface area contributed by atoms with Gasteiger partial charge in [0.05, 0.1) is 11.5 Å². The summed E-state index contributed by atoms with van der Waals surface area (Å²) in [6.45, 7) is 3.82. The summed E-state index contributed by atoms with van der Waals surface area (Å²) in [4.78, 5) is 27.0. The molecular weight excluding hydrogens is 351 g/mol. The molecule has 3 rings (SSSR count). The van der Waals surface area contributed by atoms with Gasteiger partial charge >= 0.3 is 0 Å². The molecule has 2 aromatic rings. The highest BCUT2D eigenvalue weighted by molar-refractivity contribution is 5.94. The van der Waals surface area contributed by atoms with Crippen molar-refractivity contribution in [2.45, 2.75) is 6.54 Å². The molecule has 7 nitrogen and oxygen atoms in total. The summed E-state index contributed by atoms with van der Waals surface area (Å²) in [5.74, 6) is -0.513. The van der Waals surface area contributed by atoms with Crippen LogP contribution in [0.1, 0.15) is 5.56 Å². The highest BCUT2D eigenvalue weighted by Crippen LogP contribution is 2.23. The van der Waals surface area contributed by atoms with E-state index in [0.29, 0.717) is 19.6 Å². The first kappa shape index (κ1) is 18.9. The molecule has 1 saturated heterocycles. The van der Waals surface area contributed by atoms with Gasteiger partial charge in [0.15, 0.2) is 0 Å². The fourth-order valence-corrected chi connectivity index (χ4v) is 3.13. The van der Waals surface area contributed by atoms with Crippen molar-refractivity contribution in [2.24, 2.45) is 0 Å². The Morgan fingerprint density at radius 1 is 1.07 bits per heavy atom. The van der Waals surface area contributed by atoms with Crippen molar-refractivity contribution < 1.29 is 14.1 Å². The van der Waals surface area contributed by atoms with Crippen molar-refractivity contribution >= 4 is 17.3 Å². The van der Waals surface area contributed by atoms with Crippen molar-refractivity contribution in [3.8, 4) is 0 Å². The average molecular weight is 372 g/mol. The second kappa shape index (κ2) is 8.70. The number of hydrogen-bond acceptors (Lipinski definition) is 5. The maximum absolute atomic E-state index is 13.3. The van der Waals surface area contributed by atoms with E-state index in [0.717, 1.165) is 18.7 Å². The van der Waals surface area contributed by atoms with Crippen LogP contribution >= 0.6 is 0 Å². The van der Waals surface area contributed by atoms with E-state index in [1.54, 1.807) is 18.2 Å². The number of nitrogens with zero attached hydrogens (tertiary/aromatic N) is 3. The minimum atomic E-state index is -0.513. The van der Waals surface area contributed by atoms with Crippen LogP contribution in [-0.4, -0.2) is 53.4 Å². The van der Waals surface area contributed by atoms with E-state index in [-0.39, 0.29) is 29.6 Å². The number of rotatable bonds is 6. The molecule has 1 amide bonds.